The lowest BCUT2D eigenvalue weighted by Crippen LogP contribution is -2.12. The van der Waals surface area contributed by atoms with E-state index in [0.29, 0.717) is 11.4 Å². The van der Waals surface area contributed by atoms with Crippen LogP contribution in [0.1, 0.15) is 5.56 Å². The monoisotopic (exact) mass is 473 g/mol. The minimum Gasteiger partial charge on any atom is -0.398 e. The van der Waals surface area contributed by atoms with Gasteiger partial charge in [0.1, 0.15) is 0 Å². The molecule has 0 aliphatic heterocycles. The fraction of sp³-hybridized carbons (Fsp3) is 0.0370. The molecule has 0 radical (unpaired) electrons. The summed E-state index contributed by atoms with van der Waals surface area (Å²) in [4.78, 5) is 0. The molecule has 0 saturated heterocycles. The van der Waals surface area contributed by atoms with Gasteiger partial charge in [-0.1, -0.05) is 48.5 Å². The molecule has 0 saturated carbocycles. The van der Waals surface area contributed by atoms with Crippen molar-refractivity contribution in [2.45, 2.75) is 6.18 Å². The van der Waals surface area contributed by atoms with Crippen LogP contribution in [0.3, 0.4) is 0 Å². The summed E-state index contributed by atoms with van der Waals surface area (Å²) in [5.41, 5.74) is 21.8. The Morgan fingerprint density at radius 2 is 0.914 bits per heavy atom. The Labute approximate surface area is 199 Å². The van der Waals surface area contributed by atoms with Crippen LogP contribution in [0.15, 0.2) is 97.1 Å². The number of anilines is 5. The first kappa shape index (κ1) is 22.2. The average molecular weight is 474 g/mol. The summed E-state index contributed by atoms with van der Waals surface area (Å²) in [5.74, 6) is 0. The molecule has 5 nitrogen and oxygen atoms in total. The number of nitrogen functional groups attached to an aromatic ring is 1. The molecule has 8 heteroatoms. The fourth-order valence-corrected chi connectivity index (χ4v) is 3.97. The van der Waals surface area contributed by atoms with Crippen LogP contribution in [0.4, 0.5) is 41.6 Å². The van der Waals surface area contributed by atoms with Gasteiger partial charge in [-0.25, -0.2) is 0 Å². The van der Waals surface area contributed by atoms with Gasteiger partial charge in [0.15, 0.2) is 0 Å². The van der Waals surface area contributed by atoms with Gasteiger partial charge in [-0.2, -0.15) is 13.2 Å². The number of hydrazine groups is 2. The second-order valence-electron chi connectivity index (χ2n) is 8.03. The molecule has 6 N–H and O–H groups in total. The molecule has 0 aliphatic rings. The highest BCUT2D eigenvalue weighted by atomic mass is 19.4. The molecule has 0 heterocycles. The number of alkyl halides is 3. The van der Waals surface area contributed by atoms with E-state index in [4.69, 9.17) is 5.73 Å². The molecule has 5 rings (SSSR count). The number of benzene rings is 5. The van der Waals surface area contributed by atoms with E-state index in [2.05, 4.69) is 21.7 Å². The fourth-order valence-electron chi connectivity index (χ4n) is 3.97. The van der Waals surface area contributed by atoms with E-state index in [1.165, 1.54) is 12.1 Å². The molecule has 0 fully saturated rings. The van der Waals surface area contributed by atoms with Crippen molar-refractivity contribution in [2.24, 2.45) is 0 Å². The normalized spacial score (nSPS) is 11.4. The van der Waals surface area contributed by atoms with Crippen molar-refractivity contribution in [3.05, 3.63) is 103 Å². The summed E-state index contributed by atoms with van der Waals surface area (Å²) in [6.45, 7) is 0. The molecule has 176 valence electrons. The van der Waals surface area contributed by atoms with Crippen LogP contribution >= 0.6 is 0 Å². The first-order chi connectivity index (χ1) is 16.9. The Bertz CT molecular complexity index is 1500. The summed E-state index contributed by atoms with van der Waals surface area (Å²) in [5, 5.41) is 3.86. The third-order valence-corrected chi connectivity index (χ3v) is 5.77. The minimum absolute atomic E-state index is 0.515. The third kappa shape index (κ3) is 4.59. The summed E-state index contributed by atoms with van der Waals surface area (Å²) < 4.78 is 38.4. The first-order valence-corrected chi connectivity index (χ1v) is 10.9. The number of fused-ring (bicyclic) bond motifs is 2. The van der Waals surface area contributed by atoms with Gasteiger partial charge in [0, 0.05) is 27.2 Å². The molecule has 0 atom stereocenters. The molecule has 0 unspecified atom stereocenters. The number of rotatable bonds is 6. The topological polar surface area (TPSA) is 74.1 Å². The van der Waals surface area contributed by atoms with Gasteiger partial charge in [0.05, 0.1) is 28.3 Å². The predicted molar refractivity (Wildman–Crippen MR) is 138 cm³/mol. The second kappa shape index (κ2) is 8.98. The number of nitrogens with two attached hydrogens (primary N) is 1. The molecule has 0 amide bonds. The van der Waals surface area contributed by atoms with E-state index in [1.54, 1.807) is 0 Å². The van der Waals surface area contributed by atoms with E-state index in [9.17, 15) is 13.2 Å². The third-order valence-electron chi connectivity index (χ3n) is 5.77. The lowest BCUT2D eigenvalue weighted by atomic mass is 10.1. The molecule has 0 aromatic heterocycles. The molecule has 5 aromatic carbocycles. The number of hydrogen-bond donors (Lipinski definition) is 5. The SMILES string of the molecule is Nc1ccc(NNc2ccc(NNc3ccc(C(F)(F)F)cc3)c3ccccc23)c2ccccc12. The zero-order valence-electron chi connectivity index (χ0n) is 18.4. The van der Waals surface area contributed by atoms with Gasteiger partial charge >= 0.3 is 6.18 Å². The van der Waals surface area contributed by atoms with Gasteiger partial charge in [0.25, 0.3) is 0 Å². The number of halogens is 3. The van der Waals surface area contributed by atoms with Crippen LogP contribution in [0.25, 0.3) is 21.5 Å². The standard InChI is InChI=1S/C27H22F3N5/c28-27(29,30)17-9-11-18(12-10-17)32-33-25-15-16-26(22-8-4-3-7-21(22)25)35-34-24-14-13-23(31)19-5-1-2-6-20(19)24/h1-16,32-35H,31H2. The maximum Gasteiger partial charge on any atom is 0.416 e. The molecule has 0 bridgehead atoms. The first-order valence-electron chi connectivity index (χ1n) is 10.9. The highest BCUT2D eigenvalue weighted by Gasteiger charge is 2.29. The summed E-state index contributed by atoms with van der Waals surface area (Å²) >= 11 is 0. The Morgan fingerprint density at radius 1 is 0.486 bits per heavy atom. The maximum absolute atomic E-state index is 12.8. The van der Waals surface area contributed by atoms with Crippen LogP contribution < -0.4 is 27.4 Å². The summed E-state index contributed by atoms with van der Waals surface area (Å²) in [6, 6.07) is 28.2. The zero-order valence-corrected chi connectivity index (χ0v) is 18.4. The van der Waals surface area contributed by atoms with Gasteiger partial charge in [0.2, 0.25) is 0 Å². The number of hydrogen-bond acceptors (Lipinski definition) is 5. The summed E-state index contributed by atoms with van der Waals surface area (Å²) in [7, 11) is 0. The van der Waals surface area contributed by atoms with Crippen LogP contribution in [0, 0.1) is 0 Å². The highest BCUT2D eigenvalue weighted by molar-refractivity contribution is 6.04. The molecular formula is C27H22F3N5. The lowest BCUT2D eigenvalue weighted by Gasteiger charge is -2.17. The lowest BCUT2D eigenvalue weighted by molar-refractivity contribution is -0.137. The Kier molecular flexibility index (Phi) is 5.70. The van der Waals surface area contributed by atoms with Crippen molar-refractivity contribution in [3.63, 3.8) is 0 Å². The van der Waals surface area contributed by atoms with Crippen LogP contribution in [-0.4, -0.2) is 0 Å². The summed E-state index contributed by atoms with van der Waals surface area (Å²) in [6.07, 6.45) is -4.36. The van der Waals surface area contributed by atoms with Crippen LogP contribution in [0.2, 0.25) is 0 Å². The van der Waals surface area contributed by atoms with E-state index >= 15 is 0 Å². The molecule has 5 aromatic rings. The van der Waals surface area contributed by atoms with Crippen molar-refractivity contribution in [1.82, 2.24) is 0 Å². The predicted octanol–water partition coefficient (Wildman–Crippen LogP) is 7.47. The smallest absolute Gasteiger partial charge is 0.398 e. The van der Waals surface area contributed by atoms with Gasteiger partial charge in [-0.15, -0.1) is 0 Å². The van der Waals surface area contributed by atoms with E-state index in [1.807, 2.05) is 72.8 Å². The van der Waals surface area contributed by atoms with Gasteiger partial charge in [-0.3, -0.25) is 0 Å². The van der Waals surface area contributed by atoms with Crippen molar-refractivity contribution >= 4 is 50.0 Å². The zero-order chi connectivity index (χ0) is 24.4. The quantitative estimate of drug-likeness (QED) is 0.131. The largest absolute Gasteiger partial charge is 0.416 e. The van der Waals surface area contributed by atoms with Gasteiger partial charge in [-0.05, 0) is 48.5 Å². The number of nitrogens with one attached hydrogen (secondary N) is 4. The average Bonchev–Trinajstić information content (AvgIpc) is 2.87. The van der Waals surface area contributed by atoms with Crippen molar-refractivity contribution in [3.8, 4) is 0 Å². The second-order valence-corrected chi connectivity index (χ2v) is 8.03. The maximum atomic E-state index is 12.8. The Balaban J connectivity index is 1.36. The van der Waals surface area contributed by atoms with Crippen molar-refractivity contribution in [1.29, 1.82) is 0 Å². The molecule has 0 aliphatic carbocycles. The van der Waals surface area contributed by atoms with Crippen molar-refractivity contribution in [2.75, 3.05) is 27.4 Å². The van der Waals surface area contributed by atoms with Crippen LogP contribution in [-0.2, 0) is 6.18 Å². The van der Waals surface area contributed by atoms with Crippen LogP contribution in [0.5, 0.6) is 0 Å². The molecule has 0 spiro atoms. The Morgan fingerprint density at radius 3 is 1.43 bits per heavy atom. The van der Waals surface area contributed by atoms with Crippen molar-refractivity contribution < 1.29 is 13.2 Å². The molecule has 35 heavy (non-hydrogen) atoms. The minimum atomic E-state index is -4.36. The highest BCUT2D eigenvalue weighted by Crippen LogP contribution is 2.33. The van der Waals surface area contributed by atoms with E-state index in [0.717, 1.165) is 50.7 Å². The Hall–Kier alpha value is -4.59. The molecular weight excluding hydrogens is 451 g/mol. The van der Waals surface area contributed by atoms with E-state index < -0.39 is 11.7 Å². The van der Waals surface area contributed by atoms with Gasteiger partial charge < -0.3 is 27.4 Å². The van der Waals surface area contributed by atoms with E-state index in [-0.39, 0.29) is 0 Å².